The molecule has 0 bridgehead atoms. The predicted octanol–water partition coefficient (Wildman–Crippen LogP) is 6.33. The molecule has 0 aromatic rings. The molecule has 0 spiro atoms. The summed E-state index contributed by atoms with van der Waals surface area (Å²) in [5.41, 5.74) is -2.11. The van der Waals surface area contributed by atoms with Crippen molar-refractivity contribution in [3.8, 4) is 0 Å². The van der Waals surface area contributed by atoms with E-state index in [2.05, 4.69) is 27.7 Å². The quantitative estimate of drug-likeness (QED) is 0.333. The SMILES string of the molecule is CCOC(=O)[C@]12CCC(C)(C)CC1C1C(=O)C=C3[C@@]4(C)C=C(C(=O)O)C(=O)C(C)(C)C4CC[C@@]3(C)[C@]1(C)CC2. The summed E-state index contributed by atoms with van der Waals surface area (Å²) in [6.45, 7) is 17.0. The Labute approximate surface area is 233 Å². The molecule has 3 unspecified atom stereocenters. The van der Waals surface area contributed by atoms with Crippen LogP contribution in [-0.4, -0.2) is 35.2 Å². The van der Waals surface area contributed by atoms with E-state index in [0.717, 1.165) is 44.1 Å². The summed E-state index contributed by atoms with van der Waals surface area (Å²) in [6, 6.07) is 0. The van der Waals surface area contributed by atoms with Crippen molar-refractivity contribution in [2.24, 2.45) is 50.2 Å². The van der Waals surface area contributed by atoms with Crippen LogP contribution in [0, 0.1) is 50.2 Å². The van der Waals surface area contributed by atoms with Gasteiger partial charge in [0.15, 0.2) is 11.6 Å². The molecule has 0 saturated heterocycles. The first-order chi connectivity index (χ1) is 17.9. The van der Waals surface area contributed by atoms with Crippen molar-refractivity contribution in [3.05, 3.63) is 23.3 Å². The molecule has 3 fully saturated rings. The standard InChI is InChI=1S/C33H46O6/c1-9-39-27(38)33-14-12-28(2,3)18-20(33)24-21(34)16-23-30(6)17-19(26(36)37)25(35)29(4,5)22(30)10-11-31(23,7)32(24,8)13-15-33/h16-17,20,22,24H,9-15,18H2,1-8H3,(H,36,37)/t20?,22?,24?,30-,31+,32+,33-/m0/s1. The van der Waals surface area contributed by atoms with Crippen LogP contribution in [0.4, 0.5) is 0 Å². The van der Waals surface area contributed by atoms with Crippen LogP contribution >= 0.6 is 0 Å². The normalized spacial score (nSPS) is 44.1. The Kier molecular flexibility index (Phi) is 6.09. The molecule has 3 saturated carbocycles. The molecule has 0 heterocycles. The lowest BCUT2D eigenvalue weighted by Crippen LogP contribution is -2.66. The first-order valence-corrected chi connectivity index (χ1v) is 14.9. The molecule has 0 radical (unpaired) electrons. The van der Waals surface area contributed by atoms with Crippen molar-refractivity contribution in [1.82, 2.24) is 0 Å². The van der Waals surface area contributed by atoms with Crippen molar-refractivity contribution in [2.45, 2.75) is 100 Å². The highest BCUT2D eigenvalue weighted by molar-refractivity contribution is 6.19. The molecule has 5 aliphatic rings. The van der Waals surface area contributed by atoms with E-state index in [1.807, 2.05) is 33.8 Å². The average molecular weight is 539 g/mol. The van der Waals surface area contributed by atoms with E-state index < -0.39 is 22.2 Å². The van der Waals surface area contributed by atoms with Gasteiger partial charge in [0, 0.05) is 16.7 Å². The van der Waals surface area contributed by atoms with Crippen LogP contribution in [0.3, 0.4) is 0 Å². The van der Waals surface area contributed by atoms with E-state index in [0.29, 0.717) is 13.0 Å². The molecule has 0 aliphatic heterocycles. The molecule has 214 valence electrons. The van der Waals surface area contributed by atoms with E-state index in [4.69, 9.17) is 4.74 Å². The number of hydrogen-bond donors (Lipinski definition) is 1. The van der Waals surface area contributed by atoms with Crippen LogP contribution in [-0.2, 0) is 23.9 Å². The monoisotopic (exact) mass is 538 g/mol. The number of ether oxygens (including phenoxy) is 1. The summed E-state index contributed by atoms with van der Waals surface area (Å²) in [7, 11) is 0. The second-order valence-electron chi connectivity index (χ2n) is 15.3. The fraction of sp³-hybridized carbons (Fsp3) is 0.758. The molecule has 5 rings (SSSR count). The second kappa shape index (κ2) is 8.39. The number of carboxylic acids is 1. The lowest BCUT2D eigenvalue weighted by Gasteiger charge is -2.68. The number of carbonyl (C=O) groups excluding carboxylic acids is 3. The van der Waals surface area contributed by atoms with Crippen molar-refractivity contribution in [2.75, 3.05) is 6.61 Å². The van der Waals surface area contributed by atoms with Crippen molar-refractivity contribution < 1.29 is 29.0 Å². The maximum absolute atomic E-state index is 14.4. The molecule has 5 aliphatic carbocycles. The molecular weight excluding hydrogens is 492 g/mol. The molecule has 1 N–H and O–H groups in total. The van der Waals surface area contributed by atoms with Gasteiger partial charge in [-0.2, -0.15) is 0 Å². The zero-order chi connectivity index (χ0) is 29.0. The fourth-order valence-electron chi connectivity index (χ4n) is 10.3. The van der Waals surface area contributed by atoms with Gasteiger partial charge in [0.1, 0.15) is 0 Å². The molecule has 0 aromatic carbocycles. The number of hydrogen-bond acceptors (Lipinski definition) is 5. The average Bonchev–Trinajstić information content (AvgIpc) is 2.82. The zero-order valence-electron chi connectivity index (χ0n) is 25.0. The Morgan fingerprint density at radius 2 is 1.62 bits per heavy atom. The first-order valence-electron chi connectivity index (χ1n) is 14.9. The minimum atomic E-state index is -1.20. The highest BCUT2D eigenvalue weighted by atomic mass is 16.5. The Bertz CT molecular complexity index is 1220. The molecule has 0 amide bonds. The number of Topliss-reactive ketones (excluding diaryl/α,β-unsaturated/α-hetero) is 1. The van der Waals surface area contributed by atoms with Gasteiger partial charge in [-0.1, -0.05) is 60.1 Å². The van der Waals surface area contributed by atoms with Gasteiger partial charge < -0.3 is 9.84 Å². The number of allylic oxidation sites excluding steroid dienone is 3. The minimum absolute atomic E-state index is 0.0284. The lowest BCUT2D eigenvalue weighted by atomic mass is 9.34. The zero-order valence-corrected chi connectivity index (χ0v) is 25.0. The number of carbonyl (C=O) groups is 4. The second-order valence-corrected chi connectivity index (χ2v) is 15.3. The minimum Gasteiger partial charge on any atom is -0.478 e. The summed E-state index contributed by atoms with van der Waals surface area (Å²) in [5, 5.41) is 9.98. The maximum Gasteiger partial charge on any atom is 0.339 e. The number of carboxylic acid groups (broad SMARTS) is 1. The Morgan fingerprint density at radius 1 is 0.974 bits per heavy atom. The third kappa shape index (κ3) is 3.51. The summed E-state index contributed by atoms with van der Waals surface area (Å²) < 4.78 is 5.68. The highest BCUT2D eigenvalue weighted by Crippen LogP contribution is 2.74. The first kappa shape index (κ1) is 28.3. The van der Waals surface area contributed by atoms with Gasteiger partial charge in [-0.3, -0.25) is 14.4 Å². The topological polar surface area (TPSA) is 97.7 Å². The largest absolute Gasteiger partial charge is 0.478 e. The van der Waals surface area contributed by atoms with E-state index in [1.165, 1.54) is 0 Å². The van der Waals surface area contributed by atoms with Crippen LogP contribution in [0.5, 0.6) is 0 Å². The number of aliphatic carboxylic acids is 1. The maximum atomic E-state index is 14.4. The third-order valence-electron chi connectivity index (χ3n) is 12.7. The van der Waals surface area contributed by atoms with Crippen LogP contribution in [0.25, 0.3) is 0 Å². The number of ketones is 2. The van der Waals surface area contributed by atoms with E-state index in [9.17, 15) is 24.3 Å². The van der Waals surface area contributed by atoms with E-state index in [-0.39, 0.29) is 57.1 Å². The van der Waals surface area contributed by atoms with Crippen molar-refractivity contribution in [3.63, 3.8) is 0 Å². The lowest BCUT2D eigenvalue weighted by molar-refractivity contribution is -0.192. The molecule has 39 heavy (non-hydrogen) atoms. The molecule has 0 aromatic heterocycles. The van der Waals surface area contributed by atoms with E-state index >= 15 is 0 Å². The van der Waals surface area contributed by atoms with Crippen LogP contribution < -0.4 is 0 Å². The Balaban J connectivity index is 1.70. The van der Waals surface area contributed by atoms with Gasteiger partial charge in [0.2, 0.25) is 0 Å². The molecular formula is C33H46O6. The number of fused-ring (bicyclic) bond motifs is 7. The van der Waals surface area contributed by atoms with Gasteiger partial charge in [-0.05, 0) is 86.0 Å². The van der Waals surface area contributed by atoms with E-state index in [1.54, 1.807) is 6.08 Å². The Hall–Kier alpha value is -2.24. The van der Waals surface area contributed by atoms with Gasteiger partial charge >= 0.3 is 11.9 Å². The van der Waals surface area contributed by atoms with Gasteiger partial charge in [-0.25, -0.2) is 4.79 Å². The smallest absolute Gasteiger partial charge is 0.339 e. The highest BCUT2D eigenvalue weighted by Gasteiger charge is 2.71. The number of rotatable bonds is 3. The Morgan fingerprint density at radius 3 is 2.23 bits per heavy atom. The molecule has 6 heteroatoms. The fourth-order valence-corrected chi connectivity index (χ4v) is 10.3. The predicted molar refractivity (Wildman–Crippen MR) is 148 cm³/mol. The third-order valence-corrected chi connectivity index (χ3v) is 12.7. The summed E-state index contributed by atoms with van der Waals surface area (Å²) >= 11 is 0. The number of esters is 1. The van der Waals surface area contributed by atoms with Crippen molar-refractivity contribution in [1.29, 1.82) is 0 Å². The van der Waals surface area contributed by atoms with Crippen LogP contribution in [0.15, 0.2) is 23.3 Å². The van der Waals surface area contributed by atoms with Gasteiger partial charge in [0.25, 0.3) is 0 Å². The van der Waals surface area contributed by atoms with Gasteiger partial charge in [0.05, 0.1) is 17.6 Å². The summed E-state index contributed by atoms with van der Waals surface area (Å²) in [6.07, 6.45) is 9.04. The molecule has 6 nitrogen and oxygen atoms in total. The van der Waals surface area contributed by atoms with Crippen LogP contribution in [0.2, 0.25) is 0 Å². The summed E-state index contributed by atoms with van der Waals surface area (Å²) in [4.78, 5) is 53.5. The van der Waals surface area contributed by atoms with Gasteiger partial charge in [-0.15, -0.1) is 0 Å². The molecule has 7 atom stereocenters. The van der Waals surface area contributed by atoms with Crippen molar-refractivity contribution >= 4 is 23.5 Å². The summed E-state index contributed by atoms with van der Waals surface area (Å²) in [5.74, 6) is -2.10. The van der Waals surface area contributed by atoms with Crippen LogP contribution in [0.1, 0.15) is 100 Å².